The maximum Gasteiger partial charge on any atom is 0.258 e. The van der Waals surface area contributed by atoms with Crippen molar-refractivity contribution in [3.63, 3.8) is 0 Å². The molecule has 102 valence electrons. The van der Waals surface area contributed by atoms with Crippen LogP contribution in [-0.4, -0.2) is 33.2 Å². The van der Waals surface area contributed by atoms with Crippen LogP contribution in [0.25, 0.3) is 5.69 Å². The molecule has 1 aliphatic heterocycles. The Kier molecular flexibility index (Phi) is 2.50. The first kappa shape index (κ1) is 12.2. The van der Waals surface area contributed by atoms with Crippen molar-refractivity contribution in [2.24, 2.45) is 5.73 Å². The normalized spacial score (nSPS) is 13.7. The lowest BCUT2D eigenvalue weighted by Crippen LogP contribution is -2.27. The number of benzene rings is 1. The van der Waals surface area contributed by atoms with Crippen molar-refractivity contribution < 1.29 is 4.79 Å². The van der Waals surface area contributed by atoms with E-state index in [1.165, 1.54) is 0 Å². The molecule has 0 bridgehead atoms. The van der Waals surface area contributed by atoms with Crippen LogP contribution in [0.4, 0.5) is 5.69 Å². The van der Waals surface area contributed by atoms with Gasteiger partial charge in [0.25, 0.3) is 5.91 Å². The molecule has 0 aliphatic carbocycles. The summed E-state index contributed by atoms with van der Waals surface area (Å²) >= 11 is 0. The average molecular weight is 270 g/mol. The second kappa shape index (κ2) is 4.09. The van der Waals surface area contributed by atoms with E-state index >= 15 is 0 Å². The summed E-state index contributed by atoms with van der Waals surface area (Å²) in [4.78, 5) is 18.1. The minimum absolute atomic E-state index is 0.119. The van der Waals surface area contributed by atoms with Crippen LogP contribution in [0.2, 0.25) is 0 Å². The van der Waals surface area contributed by atoms with Crippen LogP contribution < -0.4 is 11.5 Å². The van der Waals surface area contributed by atoms with E-state index in [1.54, 1.807) is 41.0 Å². The van der Waals surface area contributed by atoms with Gasteiger partial charge in [-0.2, -0.15) is 0 Å². The van der Waals surface area contributed by atoms with Crippen molar-refractivity contribution in [1.82, 2.24) is 14.5 Å². The number of amides is 1. The topological polar surface area (TPSA) is 114 Å². The number of aromatic nitrogens is 2. The summed E-state index contributed by atoms with van der Waals surface area (Å²) in [6.45, 7) is 0.321. The number of nitrogens with one attached hydrogen (secondary N) is 1. The monoisotopic (exact) mass is 270 g/mol. The van der Waals surface area contributed by atoms with Gasteiger partial charge in [-0.15, -0.1) is 0 Å². The molecule has 1 amide bonds. The predicted molar refractivity (Wildman–Crippen MR) is 74.8 cm³/mol. The Bertz CT molecular complexity index is 732. The highest BCUT2D eigenvalue weighted by atomic mass is 16.2. The quantitative estimate of drug-likeness (QED) is 0.393. The van der Waals surface area contributed by atoms with Crippen LogP contribution in [0, 0.1) is 5.41 Å². The number of carbonyl (C=O) groups excluding carboxylic acids is 1. The Balaban J connectivity index is 2.35. The van der Waals surface area contributed by atoms with Gasteiger partial charge in [-0.1, -0.05) is 6.07 Å². The third-order valence-corrected chi connectivity index (χ3v) is 3.40. The molecule has 7 heteroatoms. The Labute approximate surface area is 115 Å². The largest absolute Gasteiger partial charge is 0.398 e. The zero-order chi connectivity index (χ0) is 14.4. The standard InChI is InChI=1S/C13H14N6O/c1-18-5-9-11(12(15)16)17-6-19(9)8-4-2-3-7(14)10(8)13(18)20/h2-4,6H,5,14H2,1H3,(H3,15,16). The fraction of sp³-hybridized carbons (Fsp3) is 0.154. The minimum Gasteiger partial charge on any atom is -0.398 e. The van der Waals surface area contributed by atoms with E-state index in [0.29, 0.717) is 34.9 Å². The number of imidazole rings is 1. The van der Waals surface area contributed by atoms with E-state index in [-0.39, 0.29) is 11.7 Å². The Hall–Kier alpha value is -2.83. The van der Waals surface area contributed by atoms with Crippen molar-refractivity contribution in [3.05, 3.63) is 41.5 Å². The number of amidine groups is 1. The molecule has 20 heavy (non-hydrogen) atoms. The van der Waals surface area contributed by atoms with Crippen LogP contribution in [-0.2, 0) is 6.54 Å². The molecule has 0 spiro atoms. The second-order valence-electron chi connectivity index (χ2n) is 4.73. The molecule has 0 atom stereocenters. The molecular weight excluding hydrogens is 256 g/mol. The first-order valence-electron chi connectivity index (χ1n) is 6.05. The lowest BCUT2D eigenvalue weighted by molar-refractivity contribution is 0.0789. The molecule has 0 radical (unpaired) electrons. The lowest BCUT2D eigenvalue weighted by atomic mass is 10.1. The van der Waals surface area contributed by atoms with Gasteiger partial charge in [0.2, 0.25) is 0 Å². The first-order chi connectivity index (χ1) is 9.50. The van der Waals surface area contributed by atoms with Crippen LogP contribution >= 0.6 is 0 Å². The van der Waals surface area contributed by atoms with E-state index in [9.17, 15) is 4.79 Å². The van der Waals surface area contributed by atoms with Crippen molar-refractivity contribution >= 4 is 17.4 Å². The van der Waals surface area contributed by atoms with E-state index in [1.807, 2.05) is 0 Å². The molecule has 1 aromatic carbocycles. The van der Waals surface area contributed by atoms with E-state index in [0.717, 1.165) is 0 Å². The van der Waals surface area contributed by atoms with Crippen LogP contribution in [0.5, 0.6) is 0 Å². The fourth-order valence-electron chi connectivity index (χ4n) is 2.44. The Morgan fingerprint density at radius 3 is 2.90 bits per heavy atom. The van der Waals surface area contributed by atoms with Gasteiger partial charge in [-0.05, 0) is 12.1 Å². The number of nitrogens with two attached hydrogens (primary N) is 2. The number of rotatable bonds is 1. The molecule has 1 aliphatic rings. The van der Waals surface area contributed by atoms with Gasteiger partial charge >= 0.3 is 0 Å². The molecule has 0 unspecified atom stereocenters. The number of fused-ring (bicyclic) bond motifs is 3. The third kappa shape index (κ3) is 1.56. The summed E-state index contributed by atoms with van der Waals surface area (Å²) < 4.78 is 1.77. The molecule has 5 N–H and O–H groups in total. The van der Waals surface area contributed by atoms with Gasteiger partial charge in [0.1, 0.15) is 17.9 Å². The predicted octanol–water partition coefficient (Wildman–Crippen LogP) is 0.324. The summed E-state index contributed by atoms with van der Waals surface area (Å²) in [6.07, 6.45) is 1.57. The molecule has 7 nitrogen and oxygen atoms in total. The summed E-state index contributed by atoms with van der Waals surface area (Å²) in [7, 11) is 1.69. The molecule has 0 fully saturated rings. The first-order valence-corrected chi connectivity index (χ1v) is 6.05. The van der Waals surface area contributed by atoms with Crippen molar-refractivity contribution in [2.75, 3.05) is 12.8 Å². The highest BCUT2D eigenvalue weighted by Crippen LogP contribution is 2.28. The fourth-order valence-corrected chi connectivity index (χ4v) is 2.44. The van der Waals surface area contributed by atoms with Gasteiger partial charge in [-0.25, -0.2) is 4.98 Å². The number of hydrogen-bond donors (Lipinski definition) is 3. The van der Waals surface area contributed by atoms with Gasteiger partial charge in [0.15, 0.2) is 0 Å². The maximum atomic E-state index is 12.4. The Morgan fingerprint density at radius 2 is 2.20 bits per heavy atom. The van der Waals surface area contributed by atoms with Gasteiger partial charge in [0, 0.05) is 12.7 Å². The lowest BCUT2D eigenvalue weighted by Gasteiger charge is -2.15. The molecule has 2 heterocycles. The molecule has 2 aromatic rings. The van der Waals surface area contributed by atoms with E-state index in [2.05, 4.69) is 4.98 Å². The minimum atomic E-state index is -0.156. The van der Waals surface area contributed by atoms with Crippen LogP contribution in [0.1, 0.15) is 21.7 Å². The summed E-state index contributed by atoms with van der Waals surface area (Å²) in [5.41, 5.74) is 14.1. The third-order valence-electron chi connectivity index (χ3n) is 3.40. The highest BCUT2D eigenvalue weighted by molar-refractivity contribution is 6.03. The van der Waals surface area contributed by atoms with Gasteiger partial charge in [0.05, 0.1) is 23.5 Å². The Morgan fingerprint density at radius 1 is 1.45 bits per heavy atom. The summed E-state index contributed by atoms with van der Waals surface area (Å²) in [5.74, 6) is -0.275. The number of hydrogen-bond acceptors (Lipinski definition) is 4. The zero-order valence-electron chi connectivity index (χ0n) is 10.9. The van der Waals surface area contributed by atoms with Crippen molar-refractivity contribution in [3.8, 4) is 5.69 Å². The second-order valence-corrected chi connectivity index (χ2v) is 4.73. The molecule has 1 aromatic heterocycles. The maximum absolute atomic E-state index is 12.4. The van der Waals surface area contributed by atoms with Crippen molar-refractivity contribution in [1.29, 1.82) is 5.41 Å². The van der Waals surface area contributed by atoms with E-state index < -0.39 is 0 Å². The smallest absolute Gasteiger partial charge is 0.258 e. The van der Waals surface area contributed by atoms with Crippen LogP contribution in [0.15, 0.2) is 24.5 Å². The highest BCUT2D eigenvalue weighted by Gasteiger charge is 2.28. The van der Waals surface area contributed by atoms with Gasteiger partial charge < -0.3 is 16.4 Å². The molecule has 0 saturated carbocycles. The number of nitrogens with zero attached hydrogens (tertiary/aromatic N) is 3. The van der Waals surface area contributed by atoms with Gasteiger partial charge in [-0.3, -0.25) is 14.8 Å². The summed E-state index contributed by atoms with van der Waals surface area (Å²) in [6, 6.07) is 5.28. The average Bonchev–Trinajstić information content (AvgIpc) is 2.77. The number of nitrogen functional groups attached to an aromatic ring is 2. The molecule has 0 saturated heterocycles. The molecular formula is C13H14N6O. The molecule has 3 rings (SSSR count). The summed E-state index contributed by atoms with van der Waals surface area (Å²) in [5, 5.41) is 7.58. The van der Waals surface area contributed by atoms with Crippen LogP contribution in [0.3, 0.4) is 0 Å². The number of carbonyl (C=O) groups is 1. The number of anilines is 1. The van der Waals surface area contributed by atoms with Crippen molar-refractivity contribution in [2.45, 2.75) is 6.54 Å². The van der Waals surface area contributed by atoms with E-state index in [4.69, 9.17) is 16.9 Å². The SMILES string of the molecule is CN1Cc2c(C(=N)N)ncn2-c2cccc(N)c2C1=O. The zero-order valence-corrected chi connectivity index (χ0v) is 10.9.